The molecule has 1 fully saturated rings. The molecular formula is C15H16ClIN4O. The van der Waals surface area contributed by atoms with Gasteiger partial charge < -0.3 is 10.3 Å². The van der Waals surface area contributed by atoms with Gasteiger partial charge in [-0.05, 0) is 60.7 Å². The molecule has 1 aliphatic rings. The minimum absolute atomic E-state index is 0. The number of piperidine rings is 1. The lowest BCUT2D eigenvalue weighted by molar-refractivity contribution is 0.446. The molecule has 3 aromatic rings. The number of halogens is 2. The summed E-state index contributed by atoms with van der Waals surface area (Å²) in [6, 6.07) is 7.75. The molecule has 7 heteroatoms. The van der Waals surface area contributed by atoms with Crippen molar-refractivity contribution in [3.05, 3.63) is 43.9 Å². The lowest BCUT2D eigenvalue weighted by Crippen LogP contribution is -2.28. The quantitative estimate of drug-likeness (QED) is 0.584. The molecule has 1 aromatic carbocycles. The van der Waals surface area contributed by atoms with E-state index in [4.69, 9.17) is 5.10 Å². The van der Waals surface area contributed by atoms with Gasteiger partial charge in [0.2, 0.25) is 0 Å². The van der Waals surface area contributed by atoms with Crippen molar-refractivity contribution in [3.63, 3.8) is 0 Å². The predicted molar refractivity (Wildman–Crippen MR) is 98.1 cm³/mol. The number of fused-ring (bicyclic) bond motifs is 3. The lowest BCUT2D eigenvalue weighted by atomic mass is 9.94. The number of nitrogens with zero attached hydrogens (tertiary/aromatic N) is 2. The van der Waals surface area contributed by atoms with Crippen molar-refractivity contribution in [3.8, 4) is 0 Å². The van der Waals surface area contributed by atoms with Gasteiger partial charge in [0.05, 0.1) is 16.6 Å². The molecule has 22 heavy (non-hydrogen) atoms. The number of aromatic amines is 1. The monoisotopic (exact) mass is 430 g/mol. The Morgan fingerprint density at radius 1 is 1.27 bits per heavy atom. The highest BCUT2D eigenvalue weighted by Gasteiger charge is 2.21. The maximum absolute atomic E-state index is 12.1. The summed E-state index contributed by atoms with van der Waals surface area (Å²) in [5.41, 5.74) is 2.73. The first-order valence-corrected chi connectivity index (χ1v) is 8.23. The van der Waals surface area contributed by atoms with E-state index >= 15 is 0 Å². The van der Waals surface area contributed by atoms with E-state index in [0.717, 1.165) is 51.7 Å². The van der Waals surface area contributed by atoms with Crippen molar-refractivity contribution in [2.75, 3.05) is 13.1 Å². The Kier molecular flexibility index (Phi) is 4.42. The van der Waals surface area contributed by atoms with E-state index < -0.39 is 0 Å². The highest BCUT2D eigenvalue weighted by atomic mass is 127. The van der Waals surface area contributed by atoms with Crippen molar-refractivity contribution in [2.45, 2.75) is 18.8 Å². The Bertz CT molecular complexity index is 882. The maximum atomic E-state index is 12.1. The number of hydrogen-bond acceptors (Lipinski definition) is 3. The van der Waals surface area contributed by atoms with Crippen LogP contribution in [-0.4, -0.2) is 27.7 Å². The molecule has 4 rings (SSSR count). The van der Waals surface area contributed by atoms with Crippen LogP contribution in [0.4, 0.5) is 0 Å². The number of benzene rings is 1. The summed E-state index contributed by atoms with van der Waals surface area (Å²) in [5.74, 6) is 0.392. The standard InChI is InChI=1S/C15H15IN4O.ClH/c16-10-2-1-3-11-14(10)15-18-13(21)8-12(20(15)19-11)9-4-6-17-7-5-9;/h1-3,8-9,17H,4-7H2,(H,18,21);1H. The molecule has 1 aliphatic heterocycles. The highest BCUT2D eigenvalue weighted by Crippen LogP contribution is 2.28. The molecular weight excluding hydrogens is 415 g/mol. The molecule has 5 nitrogen and oxygen atoms in total. The van der Waals surface area contributed by atoms with Crippen LogP contribution < -0.4 is 10.9 Å². The Morgan fingerprint density at radius 3 is 2.82 bits per heavy atom. The molecule has 0 aliphatic carbocycles. The molecule has 116 valence electrons. The Labute approximate surface area is 147 Å². The zero-order valence-corrected chi connectivity index (χ0v) is 14.8. The summed E-state index contributed by atoms with van der Waals surface area (Å²) in [6.07, 6.45) is 2.09. The summed E-state index contributed by atoms with van der Waals surface area (Å²) in [5, 5.41) is 9.11. The van der Waals surface area contributed by atoms with E-state index in [-0.39, 0.29) is 18.0 Å². The second-order valence-corrected chi connectivity index (χ2v) is 6.64. The van der Waals surface area contributed by atoms with Crippen molar-refractivity contribution in [2.24, 2.45) is 0 Å². The van der Waals surface area contributed by atoms with Gasteiger partial charge in [-0.3, -0.25) is 4.79 Å². The molecule has 0 radical (unpaired) electrons. The Hall–Kier alpha value is -1.12. The van der Waals surface area contributed by atoms with Crippen molar-refractivity contribution in [1.82, 2.24) is 19.9 Å². The van der Waals surface area contributed by atoms with Crippen LogP contribution in [-0.2, 0) is 0 Å². The van der Waals surface area contributed by atoms with Crippen LogP contribution in [0.1, 0.15) is 24.5 Å². The van der Waals surface area contributed by atoms with Crippen LogP contribution in [0.2, 0.25) is 0 Å². The van der Waals surface area contributed by atoms with Gasteiger partial charge >= 0.3 is 0 Å². The molecule has 0 saturated carbocycles. The average Bonchev–Trinajstić information content (AvgIpc) is 2.87. The third-order valence-corrected chi connectivity index (χ3v) is 5.07. The van der Waals surface area contributed by atoms with Gasteiger partial charge in [-0.1, -0.05) is 6.07 Å². The van der Waals surface area contributed by atoms with Crippen molar-refractivity contribution < 1.29 is 0 Å². The number of hydrogen-bond donors (Lipinski definition) is 2. The lowest BCUT2D eigenvalue weighted by Gasteiger charge is -2.23. The molecule has 0 spiro atoms. The molecule has 2 aromatic heterocycles. The van der Waals surface area contributed by atoms with E-state index in [9.17, 15) is 4.79 Å². The van der Waals surface area contributed by atoms with Crippen LogP contribution in [0.15, 0.2) is 29.1 Å². The molecule has 1 saturated heterocycles. The maximum Gasteiger partial charge on any atom is 0.251 e. The minimum Gasteiger partial charge on any atom is -0.317 e. The molecule has 0 bridgehead atoms. The summed E-state index contributed by atoms with van der Waals surface area (Å²) in [4.78, 5) is 15.0. The molecule has 0 unspecified atom stereocenters. The second-order valence-electron chi connectivity index (χ2n) is 5.48. The van der Waals surface area contributed by atoms with Gasteiger partial charge in [-0.25, -0.2) is 4.52 Å². The normalized spacial score (nSPS) is 16.0. The average molecular weight is 431 g/mol. The highest BCUT2D eigenvalue weighted by molar-refractivity contribution is 14.1. The van der Waals surface area contributed by atoms with Gasteiger partial charge in [0.25, 0.3) is 5.56 Å². The number of aromatic nitrogens is 3. The van der Waals surface area contributed by atoms with E-state index in [1.807, 2.05) is 22.7 Å². The van der Waals surface area contributed by atoms with Crippen LogP contribution in [0, 0.1) is 3.57 Å². The van der Waals surface area contributed by atoms with Crippen LogP contribution >= 0.6 is 35.0 Å². The summed E-state index contributed by atoms with van der Waals surface area (Å²) < 4.78 is 3.04. The summed E-state index contributed by atoms with van der Waals surface area (Å²) in [6.45, 7) is 1.99. The minimum atomic E-state index is -0.0440. The second kappa shape index (κ2) is 6.17. The first-order valence-electron chi connectivity index (χ1n) is 7.15. The fourth-order valence-corrected chi connectivity index (χ4v) is 3.89. The van der Waals surface area contributed by atoms with Crippen LogP contribution in [0.5, 0.6) is 0 Å². The molecule has 2 N–H and O–H groups in total. The van der Waals surface area contributed by atoms with Gasteiger partial charge in [-0.2, -0.15) is 5.10 Å². The number of rotatable bonds is 1. The van der Waals surface area contributed by atoms with Gasteiger partial charge in [0.1, 0.15) is 5.65 Å². The summed E-state index contributed by atoms with van der Waals surface area (Å²) >= 11 is 2.30. The van der Waals surface area contributed by atoms with Crippen LogP contribution in [0.3, 0.4) is 0 Å². The van der Waals surface area contributed by atoms with Gasteiger partial charge in [0, 0.05) is 15.6 Å². The van der Waals surface area contributed by atoms with Gasteiger partial charge in [-0.15, -0.1) is 12.4 Å². The topological polar surface area (TPSA) is 62.2 Å². The third kappa shape index (κ3) is 2.53. The largest absolute Gasteiger partial charge is 0.317 e. The Balaban J connectivity index is 0.00000144. The zero-order valence-electron chi connectivity index (χ0n) is 11.8. The fourth-order valence-electron chi connectivity index (χ4n) is 3.15. The van der Waals surface area contributed by atoms with E-state index in [2.05, 4.69) is 32.9 Å². The van der Waals surface area contributed by atoms with E-state index in [0.29, 0.717) is 5.92 Å². The first kappa shape index (κ1) is 15.8. The van der Waals surface area contributed by atoms with Crippen molar-refractivity contribution in [1.29, 1.82) is 0 Å². The Morgan fingerprint density at radius 2 is 2.05 bits per heavy atom. The van der Waals surface area contributed by atoms with Gasteiger partial charge in [0.15, 0.2) is 0 Å². The predicted octanol–water partition coefficient (Wildman–Crippen LogP) is 2.67. The molecule has 0 amide bonds. The van der Waals surface area contributed by atoms with Crippen molar-refractivity contribution >= 4 is 51.5 Å². The number of H-pyrrole nitrogens is 1. The SMILES string of the molecule is Cl.O=c1cc(C2CCNCC2)n2nc3cccc(I)c3c2[nH]1. The smallest absolute Gasteiger partial charge is 0.251 e. The summed E-state index contributed by atoms with van der Waals surface area (Å²) in [7, 11) is 0. The fraction of sp³-hybridized carbons (Fsp3) is 0.333. The number of nitrogens with one attached hydrogen (secondary N) is 2. The van der Waals surface area contributed by atoms with Crippen LogP contribution in [0.25, 0.3) is 16.6 Å². The van der Waals surface area contributed by atoms with E-state index in [1.165, 1.54) is 0 Å². The molecule has 0 atom stereocenters. The third-order valence-electron chi connectivity index (χ3n) is 4.17. The van der Waals surface area contributed by atoms with E-state index in [1.54, 1.807) is 6.07 Å². The first-order chi connectivity index (χ1) is 10.2. The molecule has 3 heterocycles. The zero-order chi connectivity index (χ0) is 14.4.